The van der Waals surface area contributed by atoms with E-state index in [-0.39, 0.29) is 28.8 Å². The molecule has 1 atom stereocenters. The molecule has 2 fully saturated rings. The molecule has 1 amide bonds. The van der Waals surface area contributed by atoms with Gasteiger partial charge in [0.2, 0.25) is 15.9 Å². The van der Waals surface area contributed by atoms with Crippen LogP contribution < -0.4 is 15.4 Å². The van der Waals surface area contributed by atoms with E-state index in [1.807, 2.05) is 30.0 Å². The van der Waals surface area contributed by atoms with Crippen LogP contribution in [0.3, 0.4) is 0 Å². The van der Waals surface area contributed by atoms with Crippen molar-refractivity contribution in [2.45, 2.75) is 49.6 Å². The zero-order valence-corrected chi connectivity index (χ0v) is 21.0. The molecule has 0 spiro atoms. The van der Waals surface area contributed by atoms with Crippen molar-refractivity contribution >= 4 is 33.2 Å². The van der Waals surface area contributed by atoms with Crippen LogP contribution in [0.2, 0.25) is 5.02 Å². The van der Waals surface area contributed by atoms with E-state index in [4.69, 9.17) is 11.6 Å². The van der Waals surface area contributed by atoms with Crippen LogP contribution in [0, 0.1) is 5.92 Å². The third-order valence-corrected chi connectivity index (χ3v) is 8.57. The summed E-state index contributed by atoms with van der Waals surface area (Å²) in [5.74, 6) is 0.116. The number of anilines is 1. The number of rotatable bonds is 7. The number of halogens is 1. The second kappa shape index (κ2) is 11.1. The van der Waals surface area contributed by atoms with E-state index in [0.717, 1.165) is 18.7 Å². The first-order chi connectivity index (χ1) is 16.4. The average molecular weight is 505 g/mol. The van der Waals surface area contributed by atoms with Crippen molar-refractivity contribution in [1.82, 2.24) is 14.9 Å². The maximum absolute atomic E-state index is 13.4. The molecule has 0 radical (unpaired) electrons. The zero-order valence-electron chi connectivity index (χ0n) is 19.5. The summed E-state index contributed by atoms with van der Waals surface area (Å²) in [5.41, 5.74) is 1.75. The van der Waals surface area contributed by atoms with Gasteiger partial charge in [0, 0.05) is 38.1 Å². The van der Waals surface area contributed by atoms with Gasteiger partial charge in [0.05, 0.1) is 21.6 Å². The highest BCUT2D eigenvalue weighted by Gasteiger charge is 2.35. The number of carbonyl (C=O) groups is 1. The van der Waals surface area contributed by atoms with Gasteiger partial charge in [-0.2, -0.15) is 0 Å². The van der Waals surface area contributed by atoms with Gasteiger partial charge < -0.3 is 15.5 Å². The molecule has 34 heavy (non-hydrogen) atoms. The molecule has 1 saturated heterocycles. The van der Waals surface area contributed by atoms with Gasteiger partial charge >= 0.3 is 0 Å². The molecule has 0 aromatic heterocycles. The van der Waals surface area contributed by atoms with E-state index in [9.17, 15) is 13.2 Å². The number of hydrogen-bond donors (Lipinski definition) is 3. The summed E-state index contributed by atoms with van der Waals surface area (Å²) in [6, 6.07) is 14.7. The fourth-order valence-corrected chi connectivity index (χ4v) is 6.43. The normalized spacial score (nSPS) is 23.5. The minimum atomic E-state index is -3.67. The lowest BCUT2D eigenvalue weighted by Gasteiger charge is -2.40. The van der Waals surface area contributed by atoms with Gasteiger partial charge in [-0.1, -0.05) is 41.9 Å². The van der Waals surface area contributed by atoms with Gasteiger partial charge in [0.15, 0.2) is 0 Å². The van der Waals surface area contributed by atoms with Crippen LogP contribution in [0.15, 0.2) is 53.4 Å². The fraction of sp³-hybridized carbons (Fsp3) is 0.480. The number of amides is 1. The Morgan fingerprint density at radius 1 is 1.12 bits per heavy atom. The predicted octanol–water partition coefficient (Wildman–Crippen LogP) is 3.78. The van der Waals surface area contributed by atoms with E-state index < -0.39 is 10.0 Å². The largest absolute Gasteiger partial charge is 0.384 e. The molecule has 1 unspecified atom stereocenters. The van der Waals surface area contributed by atoms with Crippen LogP contribution in [0.4, 0.5) is 5.69 Å². The molecule has 7 nitrogen and oxygen atoms in total. The van der Waals surface area contributed by atoms with Crippen LogP contribution in [-0.4, -0.2) is 51.4 Å². The van der Waals surface area contributed by atoms with Crippen molar-refractivity contribution in [2.24, 2.45) is 5.92 Å². The number of piperazine rings is 1. The van der Waals surface area contributed by atoms with E-state index in [1.165, 1.54) is 6.07 Å². The minimum absolute atomic E-state index is 0.0366. The Labute approximate surface area is 207 Å². The Hall–Kier alpha value is -2.13. The molecular formula is C25H33ClN4O3S. The van der Waals surface area contributed by atoms with Gasteiger partial charge in [-0.15, -0.1) is 0 Å². The van der Waals surface area contributed by atoms with Crippen molar-refractivity contribution < 1.29 is 13.2 Å². The number of nitrogens with zero attached hydrogens (tertiary/aromatic N) is 1. The maximum Gasteiger partial charge on any atom is 0.240 e. The van der Waals surface area contributed by atoms with Gasteiger partial charge in [-0.25, -0.2) is 13.1 Å². The maximum atomic E-state index is 13.4. The molecule has 0 bridgehead atoms. The first kappa shape index (κ1) is 25.0. The first-order valence-corrected chi connectivity index (χ1v) is 13.9. The molecule has 1 aliphatic carbocycles. The molecule has 1 heterocycles. The van der Waals surface area contributed by atoms with Crippen molar-refractivity contribution in [3.8, 4) is 0 Å². The summed E-state index contributed by atoms with van der Waals surface area (Å²) in [6.45, 7) is 4.81. The second-order valence-electron chi connectivity index (χ2n) is 9.00. The van der Waals surface area contributed by atoms with Crippen molar-refractivity contribution in [2.75, 3.05) is 31.5 Å². The summed E-state index contributed by atoms with van der Waals surface area (Å²) in [6.07, 6.45) is 2.65. The van der Waals surface area contributed by atoms with Crippen LogP contribution in [0.25, 0.3) is 0 Å². The fourth-order valence-electron chi connectivity index (χ4n) is 4.92. The quantitative estimate of drug-likeness (QED) is 0.534. The Bertz CT molecular complexity index is 1090. The van der Waals surface area contributed by atoms with Crippen LogP contribution in [0.5, 0.6) is 0 Å². The third-order valence-electron chi connectivity index (χ3n) is 6.72. The molecule has 2 aromatic rings. The Morgan fingerprint density at radius 3 is 2.56 bits per heavy atom. The standard InChI is InChI=1S/C25H33ClN4O3S/c1-2-28-23-16-21(12-13-22(23)26)34(32,33)29-20-10-8-19(9-11-20)25(31)30-15-14-27-17-24(30)18-6-4-3-5-7-18/h3-7,12-13,16,19-20,24,27-29H,2,8-11,14-15,17H2,1H3. The summed E-state index contributed by atoms with van der Waals surface area (Å²) < 4.78 is 28.8. The Morgan fingerprint density at radius 2 is 1.85 bits per heavy atom. The van der Waals surface area contributed by atoms with Crippen LogP contribution in [0.1, 0.15) is 44.2 Å². The molecule has 1 aliphatic heterocycles. The minimum Gasteiger partial charge on any atom is -0.384 e. The Balaban J connectivity index is 1.37. The summed E-state index contributed by atoms with van der Waals surface area (Å²) >= 11 is 6.16. The first-order valence-electron chi connectivity index (χ1n) is 12.0. The van der Waals surface area contributed by atoms with E-state index in [2.05, 4.69) is 27.5 Å². The lowest BCUT2D eigenvalue weighted by Crippen LogP contribution is -2.51. The molecule has 2 aromatic carbocycles. The molecule has 4 rings (SSSR count). The highest BCUT2D eigenvalue weighted by molar-refractivity contribution is 7.89. The lowest BCUT2D eigenvalue weighted by molar-refractivity contribution is -0.140. The van der Waals surface area contributed by atoms with Gasteiger partial charge in [0.25, 0.3) is 0 Å². The molecule has 3 N–H and O–H groups in total. The van der Waals surface area contributed by atoms with Crippen molar-refractivity contribution in [3.63, 3.8) is 0 Å². The molecule has 2 aliphatic rings. The van der Waals surface area contributed by atoms with E-state index >= 15 is 0 Å². The van der Waals surface area contributed by atoms with Gasteiger partial charge in [-0.05, 0) is 56.4 Å². The highest BCUT2D eigenvalue weighted by atomic mass is 35.5. The Kier molecular flexibility index (Phi) is 8.14. The number of nitrogens with one attached hydrogen (secondary N) is 3. The molecular weight excluding hydrogens is 472 g/mol. The van der Waals surface area contributed by atoms with Crippen molar-refractivity contribution in [3.05, 3.63) is 59.1 Å². The summed E-state index contributed by atoms with van der Waals surface area (Å²) in [7, 11) is -3.67. The number of sulfonamides is 1. The van der Waals surface area contributed by atoms with Crippen LogP contribution >= 0.6 is 11.6 Å². The number of benzene rings is 2. The zero-order chi connectivity index (χ0) is 24.1. The highest BCUT2D eigenvalue weighted by Crippen LogP contribution is 2.32. The molecule has 184 valence electrons. The van der Waals surface area contributed by atoms with Gasteiger partial charge in [-0.3, -0.25) is 4.79 Å². The van der Waals surface area contributed by atoms with Crippen molar-refractivity contribution in [1.29, 1.82) is 0 Å². The predicted molar refractivity (Wildman–Crippen MR) is 135 cm³/mol. The van der Waals surface area contributed by atoms with E-state index in [1.54, 1.807) is 12.1 Å². The number of carbonyl (C=O) groups excluding carboxylic acids is 1. The third kappa shape index (κ3) is 5.74. The molecule has 9 heteroatoms. The summed E-state index contributed by atoms with van der Waals surface area (Å²) in [5, 5.41) is 6.97. The smallest absolute Gasteiger partial charge is 0.240 e. The monoisotopic (exact) mass is 504 g/mol. The lowest BCUT2D eigenvalue weighted by atomic mass is 9.85. The number of hydrogen-bond acceptors (Lipinski definition) is 5. The van der Waals surface area contributed by atoms with Gasteiger partial charge in [0.1, 0.15) is 0 Å². The van der Waals surface area contributed by atoms with E-state index in [0.29, 0.717) is 49.5 Å². The SMILES string of the molecule is CCNc1cc(S(=O)(=O)NC2CCC(C(=O)N3CCNCC3c3ccccc3)CC2)ccc1Cl. The van der Waals surface area contributed by atoms with Crippen LogP contribution in [-0.2, 0) is 14.8 Å². The molecule has 1 saturated carbocycles. The second-order valence-corrected chi connectivity index (χ2v) is 11.1. The topological polar surface area (TPSA) is 90.5 Å². The average Bonchev–Trinajstić information content (AvgIpc) is 2.86. The summed E-state index contributed by atoms with van der Waals surface area (Å²) in [4.78, 5) is 15.6.